The van der Waals surface area contributed by atoms with Gasteiger partial charge in [0.15, 0.2) is 6.30 Å². The number of ether oxygens (including phenoxy) is 1. The Kier molecular flexibility index (Phi) is 5.66. The average molecular weight is 335 g/mol. The van der Waals surface area contributed by atoms with Crippen molar-refractivity contribution in [3.05, 3.63) is 28.5 Å². The monoisotopic (exact) mass is 334 g/mol. The first-order valence-electron chi connectivity index (χ1n) is 6.37. The second-order valence-electron chi connectivity index (χ2n) is 4.61. The minimum absolute atomic E-state index is 0.323. The zero-order valence-corrected chi connectivity index (χ0v) is 12.2. The molecule has 106 valence electrons. The first-order chi connectivity index (χ1) is 9.16. The zero-order valence-electron chi connectivity index (χ0n) is 10.6. The van der Waals surface area contributed by atoms with E-state index in [0.717, 1.165) is 10.2 Å². The molecule has 6 heteroatoms. The van der Waals surface area contributed by atoms with Crippen LogP contribution in [-0.2, 0) is 11.3 Å². The number of rotatable bonds is 5. The number of hydrogen-bond donors (Lipinski definition) is 0. The molecule has 2 rings (SSSR count). The van der Waals surface area contributed by atoms with E-state index in [9.17, 15) is 8.78 Å². The van der Waals surface area contributed by atoms with Crippen LogP contribution in [0.3, 0.4) is 0 Å². The number of halogens is 3. The van der Waals surface area contributed by atoms with E-state index in [1.807, 2.05) is 12.1 Å². The van der Waals surface area contributed by atoms with Crippen LogP contribution in [0.25, 0.3) is 0 Å². The molecule has 0 radical (unpaired) electrons. The summed E-state index contributed by atoms with van der Waals surface area (Å²) in [5.74, 6) is 0. The number of likely N-dealkylation sites (tertiary alicyclic amines) is 1. The Hall–Kier alpha value is -0.590. The third-order valence-electron chi connectivity index (χ3n) is 3.15. The van der Waals surface area contributed by atoms with Gasteiger partial charge >= 0.3 is 0 Å². The van der Waals surface area contributed by atoms with Gasteiger partial charge in [-0.15, -0.1) is 0 Å². The van der Waals surface area contributed by atoms with Gasteiger partial charge in [0, 0.05) is 19.3 Å². The lowest BCUT2D eigenvalue weighted by Crippen LogP contribution is -2.45. The summed E-state index contributed by atoms with van der Waals surface area (Å²) in [5.41, 5.74) is 0.960. The van der Waals surface area contributed by atoms with Crippen LogP contribution in [0, 0.1) is 0 Å². The van der Waals surface area contributed by atoms with Crippen LogP contribution >= 0.6 is 15.9 Å². The fraction of sp³-hybridized carbons (Fsp3) is 0.615. The highest BCUT2D eigenvalue weighted by atomic mass is 79.9. The van der Waals surface area contributed by atoms with Crippen molar-refractivity contribution in [3.63, 3.8) is 0 Å². The second kappa shape index (κ2) is 7.26. The van der Waals surface area contributed by atoms with Gasteiger partial charge in [0.05, 0.1) is 13.2 Å². The Morgan fingerprint density at radius 2 is 2.26 bits per heavy atom. The molecule has 2 unspecified atom stereocenters. The van der Waals surface area contributed by atoms with E-state index in [-0.39, 0.29) is 0 Å². The molecule has 0 aromatic carbocycles. The molecule has 1 fully saturated rings. The van der Waals surface area contributed by atoms with E-state index in [4.69, 9.17) is 4.74 Å². The van der Waals surface area contributed by atoms with Crippen molar-refractivity contribution < 1.29 is 13.5 Å². The summed E-state index contributed by atoms with van der Waals surface area (Å²) in [4.78, 5) is 5.59. The Balaban J connectivity index is 1.67. The molecule has 0 saturated carbocycles. The highest BCUT2D eigenvalue weighted by Crippen LogP contribution is 2.21. The van der Waals surface area contributed by atoms with Crippen molar-refractivity contribution >= 4 is 15.9 Å². The number of pyridine rings is 1. The van der Waals surface area contributed by atoms with E-state index in [0.29, 0.717) is 39.1 Å². The summed E-state index contributed by atoms with van der Waals surface area (Å²) in [6.07, 6.45) is -0.0851. The maximum absolute atomic E-state index is 13.5. The Morgan fingerprint density at radius 3 is 3.00 bits per heavy atom. The number of piperidine rings is 1. The molecule has 19 heavy (non-hydrogen) atoms. The molecule has 1 saturated heterocycles. The van der Waals surface area contributed by atoms with Crippen molar-refractivity contribution in [1.82, 2.24) is 9.88 Å². The van der Waals surface area contributed by atoms with Crippen LogP contribution in [0.15, 0.2) is 22.9 Å². The van der Waals surface area contributed by atoms with E-state index in [2.05, 4.69) is 20.9 Å². The number of hydrogen-bond acceptors (Lipinski definition) is 3. The van der Waals surface area contributed by atoms with E-state index in [1.165, 1.54) is 4.90 Å². The summed E-state index contributed by atoms with van der Waals surface area (Å²) in [5, 5.41) is 0. The molecule has 0 bridgehead atoms. The molecular formula is C13H17BrF2N2O. The summed E-state index contributed by atoms with van der Waals surface area (Å²) >= 11 is 3.26. The first kappa shape index (κ1) is 14.8. The van der Waals surface area contributed by atoms with Gasteiger partial charge in [-0.2, -0.15) is 0 Å². The topological polar surface area (TPSA) is 25.4 Å². The molecule has 2 heterocycles. The molecule has 0 aliphatic carbocycles. The van der Waals surface area contributed by atoms with E-state index >= 15 is 0 Å². The maximum atomic E-state index is 13.5. The standard InChI is InChI=1S/C13H17BrF2N2O/c14-12-4-3-10(8-17-12)9-19-7-6-18-5-1-2-11(15)13(18)16/h3-4,8,11,13H,1-2,5-7,9H2. The third-order valence-corrected chi connectivity index (χ3v) is 3.62. The number of alkyl halides is 2. The van der Waals surface area contributed by atoms with Crippen LogP contribution < -0.4 is 0 Å². The lowest BCUT2D eigenvalue weighted by atomic mass is 10.1. The van der Waals surface area contributed by atoms with Gasteiger partial charge in [-0.25, -0.2) is 13.8 Å². The lowest BCUT2D eigenvalue weighted by molar-refractivity contribution is -0.0344. The predicted molar refractivity (Wildman–Crippen MR) is 72.2 cm³/mol. The second-order valence-corrected chi connectivity index (χ2v) is 5.42. The Bertz CT molecular complexity index is 391. The number of aromatic nitrogens is 1. The van der Waals surface area contributed by atoms with Crippen LogP contribution in [0.5, 0.6) is 0 Å². The van der Waals surface area contributed by atoms with Crippen LogP contribution in [-0.4, -0.2) is 42.0 Å². The average Bonchev–Trinajstić information content (AvgIpc) is 2.41. The van der Waals surface area contributed by atoms with Gasteiger partial charge in [0.25, 0.3) is 0 Å². The summed E-state index contributed by atoms with van der Waals surface area (Å²) in [7, 11) is 0. The SMILES string of the molecule is FC1CCCN(CCOCc2ccc(Br)nc2)C1F. The molecule has 0 spiro atoms. The zero-order chi connectivity index (χ0) is 13.7. The highest BCUT2D eigenvalue weighted by Gasteiger charge is 2.30. The van der Waals surface area contributed by atoms with Crippen molar-refractivity contribution in [3.8, 4) is 0 Å². The molecule has 1 aromatic heterocycles. The highest BCUT2D eigenvalue weighted by molar-refractivity contribution is 9.10. The van der Waals surface area contributed by atoms with Crippen LogP contribution in [0.2, 0.25) is 0 Å². The first-order valence-corrected chi connectivity index (χ1v) is 7.16. The minimum Gasteiger partial charge on any atom is -0.375 e. The number of nitrogens with zero attached hydrogens (tertiary/aromatic N) is 2. The predicted octanol–water partition coefficient (Wildman–Crippen LogP) is 3.09. The van der Waals surface area contributed by atoms with Gasteiger partial charge in [-0.3, -0.25) is 4.90 Å². The van der Waals surface area contributed by atoms with Gasteiger partial charge in [-0.05, 0) is 40.4 Å². The molecule has 2 atom stereocenters. The van der Waals surface area contributed by atoms with E-state index < -0.39 is 12.5 Å². The van der Waals surface area contributed by atoms with E-state index in [1.54, 1.807) is 6.20 Å². The van der Waals surface area contributed by atoms with Gasteiger partial charge in [0.2, 0.25) is 0 Å². The quantitative estimate of drug-likeness (QED) is 0.470. The maximum Gasteiger partial charge on any atom is 0.185 e. The summed E-state index contributed by atoms with van der Waals surface area (Å²) < 4.78 is 32.9. The van der Waals surface area contributed by atoms with Crippen LogP contribution in [0.4, 0.5) is 8.78 Å². The van der Waals surface area contributed by atoms with Crippen molar-refractivity contribution in [2.24, 2.45) is 0 Å². The van der Waals surface area contributed by atoms with Crippen molar-refractivity contribution in [2.75, 3.05) is 19.7 Å². The normalized spacial score (nSPS) is 24.6. The van der Waals surface area contributed by atoms with Gasteiger partial charge in [0.1, 0.15) is 10.8 Å². The summed E-state index contributed by atoms with van der Waals surface area (Å²) in [6.45, 7) is 1.85. The lowest BCUT2D eigenvalue weighted by Gasteiger charge is -2.32. The van der Waals surface area contributed by atoms with Crippen molar-refractivity contribution in [1.29, 1.82) is 0 Å². The Labute approximate surface area is 120 Å². The molecule has 3 nitrogen and oxygen atoms in total. The molecule has 0 amide bonds. The fourth-order valence-corrected chi connectivity index (χ4v) is 2.31. The van der Waals surface area contributed by atoms with Crippen molar-refractivity contribution in [2.45, 2.75) is 31.9 Å². The Morgan fingerprint density at radius 1 is 1.42 bits per heavy atom. The third kappa shape index (κ3) is 4.47. The smallest absolute Gasteiger partial charge is 0.185 e. The molecule has 0 N–H and O–H groups in total. The molecular weight excluding hydrogens is 318 g/mol. The fourth-order valence-electron chi connectivity index (χ4n) is 2.08. The minimum atomic E-state index is -1.48. The largest absolute Gasteiger partial charge is 0.375 e. The van der Waals surface area contributed by atoms with Gasteiger partial charge < -0.3 is 4.74 Å². The van der Waals surface area contributed by atoms with Gasteiger partial charge in [-0.1, -0.05) is 6.07 Å². The molecule has 1 aliphatic rings. The summed E-state index contributed by atoms with van der Waals surface area (Å²) in [6, 6.07) is 3.75. The molecule has 1 aromatic rings. The molecule has 1 aliphatic heterocycles. The van der Waals surface area contributed by atoms with Crippen LogP contribution in [0.1, 0.15) is 18.4 Å².